The number of ether oxygens (including phenoxy) is 2. The molecule has 0 radical (unpaired) electrons. The van der Waals surface area contributed by atoms with E-state index >= 15 is 0 Å². The molecular weight excluding hydrogens is 283 g/mol. The Hall–Kier alpha value is -1.75. The first-order chi connectivity index (χ1) is 10.7. The van der Waals surface area contributed by atoms with Crippen LogP contribution in [0.25, 0.3) is 0 Å². The second kappa shape index (κ2) is 8.03. The smallest absolute Gasteiger partial charge is 0.184 e. The zero-order valence-electron chi connectivity index (χ0n) is 12.8. The standard InChI is InChI=1S/C18H21FO3/c1-3-21-18(22-4-2)14-10-6-5-9-13(14)17(20)15-11-7-8-12-16(15)19/h5-12,17-18,20H,3-4H2,1-2H3. The maximum absolute atomic E-state index is 13.9. The van der Waals surface area contributed by atoms with Crippen molar-refractivity contribution in [3.63, 3.8) is 0 Å². The summed E-state index contributed by atoms with van der Waals surface area (Å²) in [4.78, 5) is 0. The molecule has 1 N–H and O–H groups in total. The van der Waals surface area contributed by atoms with E-state index in [1.807, 2.05) is 26.0 Å². The van der Waals surface area contributed by atoms with Gasteiger partial charge in [0.15, 0.2) is 6.29 Å². The summed E-state index contributed by atoms with van der Waals surface area (Å²) in [6.45, 7) is 4.72. The number of rotatable bonds is 7. The Labute approximate surface area is 130 Å². The van der Waals surface area contributed by atoms with Gasteiger partial charge in [0.1, 0.15) is 11.9 Å². The van der Waals surface area contributed by atoms with Gasteiger partial charge in [-0.2, -0.15) is 0 Å². The van der Waals surface area contributed by atoms with Crippen molar-refractivity contribution in [3.8, 4) is 0 Å². The SMILES string of the molecule is CCOC(OCC)c1ccccc1C(O)c1ccccc1F. The summed E-state index contributed by atoms with van der Waals surface area (Å²) in [6, 6.07) is 13.5. The summed E-state index contributed by atoms with van der Waals surface area (Å²) in [5.41, 5.74) is 1.53. The van der Waals surface area contributed by atoms with Gasteiger partial charge in [0.2, 0.25) is 0 Å². The Morgan fingerprint density at radius 3 is 1.91 bits per heavy atom. The minimum atomic E-state index is -1.07. The van der Waals surface area contributed by atoms with Crippen molar-refractivity contribution >= 4 is 0 Å². The summed E-state index contributed by atoms with van der Waals surface area (Å²) in [5.74, 6) is -0.436. The summed E-state index contributed by atoms with van der Waals surface area (Å²) < 4.78 is 25.1. The molecule has 4 heteroatoms. The molecule has 2 rings (SSSR count). The lowest BCUT2D eigenvalue weighted by Gasteiger charge is -2.23. The molecule has 2 aromatic carbocycles. The highest BCUT2D eigenvalue weighted by atomic mass is 19.1. The van der Waals surface area contributed by atoms with Crippen LogP contribution in [-0.2, 0) is 9.47 Å². The number of hydrogen-bond acceptors (Lipinski definition) is 3. The molecule has 0 aliphatic carbocycles. The van der Waals surface area contributed by atoms with Crippen LogP contribution in [0.2, 0.25) is 0 Å². The van der Waals surface area contributed by atoms with Crippen molar-refractivity contribution in [2.75, 3.05) is 13.2 Å². The molecule has 3 nitrogen and oxygen atoms in total. The molecule has 0 fully saturated rings. The maximum atomic E-state index is 13.9. The van der Waals surface area contributed by atoms with Crippen LogP contribution in [0, 0.1) is 5.82 Å². The van der Waals surface area contributed by atoms with Crippen molar-refractivity contribution in [1.82, 2.24) is 0 Å². The first kappa shape index (κ1) is 16.6. The average molecular weight is 304 g/mol. The van der Waals surface area contributed by atoms with Gasteiger partial charge in [-0.05, 0) is 25.5 Å². The van der Waals surface area contributed by atoms with Gasteiger partial charge in [-0.25, -0.2) is 4.39 Å². The summed E-state index contributed by atoms with van der Waals surface area (Å²) in [7, 11) is 0. The third kappa shape index (κ3) is 3.71. The van der Waals surface area contributed by atoms with Crippen molar-refractivity contribution in [2.45, 2.75) is 26.2 Å². The number of halogens is 1. The molecule has 0 spiro atoms. The lowest BCUT2D eigenvalue weighted by atomic mass is 9.96. The first-order valence-electron chi connectivity index (χ1n) is 7.43. The van der Waals surface area contributed by atoms with Gasteiger partial charge in [0.05, 0.1) is 0 Å². The predicted molar refractivity (Wildman–Crippen MR) is 82.9 cm³/mol. The van der Waals surface area contributed by atoms with Crippen LogP contribution in [0.5, 0.6) is 0 Å². The Morgan fingerprint density at radius 1 is 0.864 bits per heavy atom. The molecule has 0 aliphatic heterocycles. The third-order valence-corrected chi connectivity index (χ3v) is 3.38. The van der Waals surface area contributed by atoms with Crippen molar-refractivity contribution in [2.24, 2.45) is 0 Å². The van der Waals surface area contributed by atoms with E-state index in [1.54, 1.807) is 30.3 Å². The van der Waals surface area contributed by atoms with Crippen LogP contribution < -0.4 is 0 Å². The lowest BCUT2D eigenvalue weighted by Crippen LogP contribution is -2.14. The van der Waals surface area contributed by atoms with E-state index < -0.39 is 18.2 Å². The molecule has 0 amide bonds. The molecule has 0 saturated carbocycles. The molecule has 0 bridgehead atoms. The molecule has 22 heavy (non-hydrogen) atoms. The summed E-state index contributed by atoms with van der Waals surface area (Å²) >= 11 is 0. The number of aliphatic hydroxyl groups is 1. The van der Waals surface area contributed by atoms with Gasteiger partial charge in [-0.1, -0.05) is 42.5 Å². The molecule has 0 heterocycles. The van der Waals surface area contributed by atoms with E-state index in [1.165, 1.54) is 6.07 Å². The monoisotopic (exact) mass is 304 g/mol. The normalized spacial score (nSPS) is 12.6. The highest BCUT2D eigenvalue weighted by molar-refractivity contribution is 5.37. The molecular formula is C18H21FO3. The van der Waals surface area contributed by atoms with E-state index in [0.717, 1.165) is 0 Å². The van der Waals surface area contributed by atoms with E-state index in [-0.39, 0.29) is 5.56 Å². The molecule has 1 atom stereocenters. The van der Waals surface area contributed by atoms with E-state index in [0.29, 0.717) is 24.3 Å². The minimum absolute atomic E-state index is 0.238. The highest BCUT2D eigenvalue weighted by Crippen LogP contribution is 2.31. The third-order valence-electron chi connectivity index (χ3n) is 3.38. The fourth-order valence-electron chi connectivity index (χ4n) is 2.37. The number of benzene rings is 2. The van der Waals surface area contributed by atoms with Crippen LogP contribution in [0.1, 0.15) is 42.9 Å². The fourth-order valence-corrected chi connectivity index (χ4v) is 2.37. The van der Waals surface area contributed by atoms with Crippen LogP contribution in [0.4, 0.5) is 4.39 Å². The van der Waals surface area contributed by atoms with E-state index in [9.17, 15) is 9.50 Å². The van der Waals surface area contributed by atoms with Gasteiger partial charge < -0.3 is 14.6 Å². The zero-order chi connectivity index (χ0) is 15.9. The number of aliphatic hydroxyl groups excluding tert-OH is 1. The van der Waals surface area contributed by atoms with E-state index in [2.05, 4.69) is 0 Å². The highest BCUT2D eigenvalue weighted by Gasteiger charge is 2.22. The maximum Gasteiger partial charge on any atom is 0.184 e. The Balaban J connectivity index is 2.41. The quantitative estimate of drug-likeness (QED) is 0.786. The lowest BCUT2D eigenvalue weighted by molar-refractivity contribution is -0.141. The fraction of sp³-hybridized carbons (Fsp3) is 0.333. The summed E-state index contributed by atoms with van der Waals surface area (Å²) in [6.07, 6.45) is -1.64. The average Bonchev–Trinajstić information content (AvgIpc) is 2.54. The Bertz CT molecular complexity index is 594. The van der Waals surface area contributed by atoms with Gasteiger partial charge in [0, 0.05) is 24.3 Å². The first-order valence-corrected chi connectivity index (χ1v) is 7.43. The molecule has 1 unspecified atom stereocenters. The second-order valence-corrected chi connectivity index (χ2v) is 4.80. The van der Waals surface area contributed by atoms with Gasteiger partial charge in [-0.3, -0.25) is 0 Å². The van der Waals surface area contributed by atoms with Crippen molar-refractivity contribution < 1.29 is 19.0 Å². The van der Waals surface area contributed by atoms with Crippen LogP contribution in [0.3, 0.4) is 0 Å². The van der Waals surface area contributed by atoms with Gasteiger partial charge >= 0.3 is 0 Å². The van der Waals surface area contributed by atoms with Gasteiger partial charge in [-0.15, -0.1) is 0 Å². The minimum Gasteiger partial charge on any atom is -0.384 e. The molecule has 118 valence electrons. The summed E-state index contributed by atoms with van der Waals surface area (Å²) in [5, 5.41) is 10.6. The van der Waals surface area contributed by atoms with Crippen molar-refractivity contribution in [1.29, 1.82) is 0 Å². The zero-order valence-corrected chi connectivity index (χ0v) is 12.8. The van der Waals surface area contributed by atoms with Crippen LogP contribution in [0.15, 0.2) is 48.5 Å². The topological polar surface area (TPSA) is 38.7 Å². The molecule has 0 saturated heterocycles. The van der Waals surface area contributed by atoms with Crippen molar-refractivity contribution in [3.05, 3.63) is 71.0 Å². The predicted octanol–water partition coefficient (Wildman–Crippen LogP) is 3.98. The Morgan fingerprint density at radius 2 is 1.36 bits per heavy atom. The molecule has 0 aliphatic rings. The largest absolute Gasteiger partial charge is 0.384 e. The Kier molecular flexibility index (Phi) is 6.07. The van der Waals surface area contributed by atoms with Gasteiger partial charge in [0.25, 0.3) is 0 Å². The molecule has 2 aromatic rings. The number of hydrogen-bond donors (Lipinski definition) is 1. The molecule has 0 aromatic heterocycles. The van der Waals surface area contributed by atoms with E-state index in [4.69, 9.17) is 9.47 Å². The van der Waals surface area contributed by atoms with Crippen LogP contribution >= 0.6 is 0 Å². The second-order valence-electron chi connectivity index (χ2n) is 4.80. The van der Waals surface area contributed by atoms with Crippen LogP contribution in [-0.4, -0.2) is 18.3 Å².